The summed E-state index contributed by atoms with van der Waals surface area (Å²) in [6.45, 7) is 1.86. The molecule has 9 nitrogen and oxygen atoms in total. The van der Waals surface area contributed by atoms with Crippen molar-refractivity contribution in [2.75, 3.05) is 12.3 Å². The number of aromatic nitrogens is 4. The third kappa shape index (κ3) is 2.91. The Kier molecular flexibility index (Phi) is 3.80. The molecule has 2 aromatic rings. The van der Waals surface area contributed by atoms with Crippen molar-refractivity contribution in [3.05, 3.63) is 22.6 Å². The molecule has 2 aromatic heterocycles. The van der Waals surface area contributed by atoms with Crippen LogP contribution in [0.2, 0.25) is 0 Å². The number of nitrogens with one attached hydrogen (secondary N) is 1. The minimum atomic E-state index is -0.714. The van der Waals surface area contributed by atoms with Crippen LogP contribution in [-0.2, 0) is 4.74 Å². The summed E-state index contributed by atoms with van der Waals surface area (Å²) >= 11 is 0.881. The number of esters is 1. The van der Waals surface area contributed by atoms with Crippen molar-refractivity contribution in [2.24, 2.45) is 0 Å². The second-order valence-electron chi connectivity index (χ2n) is 3.15. The lowest BCUT2D eigenvalue weighted by atomic mass is 10.5. The molecule has 10 heteroatoms. The highest BCUT2D eigenvalue weighted by Crippen LogP contribution is 2.26. The molecule has 0 saturated heterocycles. The molecule has 0 saturated carbocycles. The van der Waals surface area contributed by atoms with E-state index in [-0.39, 0.29) is 28.4 Å². The van der Waals surface area contributed by atoms with E-state index >= 15 is 0 Å². The number of carbonyl (C=O) groups excluding carboxylic acids is 1. The average molecular weight is 283 g/mol. The molecule has 0 aliphatic heterocycles. The summed E-state index contributed by atoms with van der Waals surface area (Å²) in [7, 11) is 0. The van der Waals surface area contributed by atoms with Crippen LogP contribution in [0.25, 0.3) is 0 Å². The minimum Gasteiger partial charge on any atom is -0.459 e. The zero-order chi connectivity index (χ0) is 13.8. The van der Waals surface area contributed by atoms with Gasteiger partial charge in [0.05, 0.1) is 12.9 Å². The van der Waals surface area contributed by atoms with Crippen molar-refractivity contribution in [3.8, 4) is 0 Å². The number of ether oxygens (including phenoxy) is 1. The van der Waals surface area contributed by atoms with Crippen molar-refractivity contribution in [2.45, 2.75) is 17.2 Å². The third-order valence-electron chi connectivity index (χ3n) is 1.89. The highest BCUT2D eigenvalue weighted by atomic mass is 32.2. The van der Waals surface area contributed by atoms with Gasteiger partial charge in [0.1, 0.15) is 10.7 Å². The molecule has 100 valence electrons. The summed E-state index contributed by atoms with van der Waals surface area (Å²) in [4.78, 5) is 28.7. The van der Waals surface area contributed by atoms with Gasteiger partial charge in [-0.25, -0.2) is 9.78 Å². The van der Waals surface area contributed by atoms with E-state index < -0.39 is 11.5 Å². The molecular formula is C9H9N5O4S. The molecule has 0 unspecified atom stereocenters. The van der Waals surface area contributed by atoms with Crippen molar-refractivity contribution < 1.29 is 13.9 Å². The van der Waals surface area contributed by atoms with Crippen molar-refractivity contribution >= 4 is 23.4 Å². The third-order valence-corrected chi connectivity index (χ3v) is 2.75. The van der Waals surface area contributed by atoms with Crippen LogP contribution < -0.4 is 11.3 Å². The Morgan fingerprint density at radius 1 is 1.58 bits per heavy atom. The van der Waals surface area contributed by atoms with Crippen LogP contribution in [0.1, 0.15) is 17.6 Å². The van der Waals surface area contributed by atoms with Gasteiger partial charge in [0.15, 0.2) is 0 Å². The van der Waals surface area contributed by atoms with Crippen molar-refractivity contribution in [1.82, 2.24) is 20.2 Å². The largest absolute Gasteiger partial charge is 0.459 e. The van der Waals surface area contributed by atoms with Gasteiger partial charge in [-0.2, -0.15) is 0 Å². The van der Waals surface area contributed by atoms with Crippen molar-refractivity contribution in [3.63, 3.8) is 0 Å². The number of nitrogen functional groups attached to an aromatic ring is 1. The zero-order valence-corrected chi connectivity index (χ0v) is 10.6. The molecule has 0 fully saturated rings. The number of carbonyl (C=O) groups is 1. The van der Waals surface area contributed by atoms with E-state index in [2.05, 4.69) is 20.2 Å². The second-order valence-corrected chi connectivity index (χ2v) is 4.09. The first-order valence-corrected chi connectivity index (χ1v) is 5.95. The highest BCUT2D eigenvalue weighted by Gasteiger charge is 2.18. The summed E-state index contributed by atoms with van der Waals surface area (Å²) < 4.78 is 9.75. The predicted octanol–water partition coefficient (Wildman–Crippen LogP) is 0.0630. The van der Waals surface area contributed by atoms with Gasteiger partial charge in [0.2, 0.25) is 0 Å². The van der Waals surface area contributed by atoms with Gasteiger partial charge in [-0.1, -0.05) is 5.10 Å². The predicted molar refractivity (Wildman–Crippen MR) is 63.6 cm³/mol. The van der Waals surface area contributed by atoms with Gasteiger partial charge >= 0.3 is 11.9 Å². The van der Waals surface area contributed by atoms with Crippen molar-refractivity contribution in [1.29, 1.82) is 0 Å². The molecule has 0 aliphatic carbocycles. The molecular weight excluding hydrogens is 274 g/mol. The molecule has 0 aromatic carbocycles. The number of H-pyrrole nitrogens is 1. The maximum absolute atomic E-state index is 11.3. The zero-order valence-electron chi connectivity index (χ0n) is 9.74. The first kappa shape index (κ1) is 13.1. The fourth-order valence-electron chi connectivity index (χ4n) is 1.08. The first-order chi connectivity index (χ1) is 9.11. The topological polar surface area (TPSA) is 137 Å². The molecule has 0 radical (unpaired) electrons. The lowest BCUT2D eigenvalue weighted by molar-refractivity contribution is 0.0475. The van der Waals surface area contributed by atoms with Crippen LogP contribution in [-0.4, -0.2) is 32.7 Å². The van der Waals surface area contributed by atoms with Gasteiger partial charge in [-0.05, 0) is 18.7 Å². The van der Waals surface area contributed by atoms with E-state index in [0.717, 1.165) is 11.8 Å². The van der Waals surface area contributed by atoms with Gasteiger partial charge in [0.25, 0.3) is 10.8 Å². The Hall–Kier alpha value is -2.36. The van der Waals surface area contributed by atoms with E-state index in [1.165, 1.54) is 6.33 Å². The number of anilines is 1. The van der Waals surface area contributed by atoms with Crippen LogP contribution in [0, 0.1) is 0 Å². The summed E-state index contributed by atoms with van der Waals surface area (Å²) in [6.07, 6.45) is 1.20. The van der Waals surface area contributed by atoms with E-state index in [9.17, 15) is 9.59 Å². The number of nitrogens with zero attached hydrogens (tertiary/aromatic N) is 3. The fraction of sp³-hybridized carbons (Fsp3) is 0.222. The molecule has 0 amide bonds. The average Bonchev–Trinajstić information content (AvgIpc) is 2.84. The Bertz CT molecular complexity index is 652. The number of hydrogen-bond donors (Lipinski definition) is 2. The Morgan fingerprint density at radius 2 is 2.37 bits per heavy atom. The van der Waals surface area contributed by atoms with Gasteiger partial charge < -0.3 is 19.9 Å². The highest BCUT2D eigenvalue weighted by molar-refractivity contribution is 7.99. The molecule has 2 rings (SSSR count). The van der Waals surface area contributed by atoms with E-state index in [0.29, 0.717) is 0 Å². The maximum Gasteiger partial charge on any atom is 0.396 e. The molecule has 0 aliphatic rings. The molecule has 3 N–H and O–H groups in total. The number of rotatable bonds is 4. The summed E-state index contributed by atoms with van der Waals surface area (Å²) in [6, 6.07) is 0. The van der Waals surface area contributed by atoms with Gasteiger partial charge in [-0.15, -0.1) is 5.10 Å². The molecule has 0 atom stereocenters. The van der Waals surface area contributed by atoms with Crippen LogP contribution >= 0.6 is 11.8 Å². The van der Waals surface area contributed by atoms with Gasteiger partial charge in [0, 0.05) is 0 Å². The second kappa shape index (κ2) is 5.52. The van der Waals surface area contributed by atoms with E-state index in [1.54, 1.807) is 6.92 Å². The van der Waals surface area contributed by atoms with Gasteiger partial charge in [-0.3, -0.25) is 4.79 Å². The van der Waals surface area contributed by atoms with Crippen LogP contribution in [0.3, 0.4) is 0 Å². The first-order valence-electron chi connectivity index (χ1n) is 5.13. The van der Waals surface area contributed by atoms with Crippen LogP contribution in [0.15, 0.2) is 25.8 Å². The smallest absolute Gasteiger partial charge is 0.396 e. The van der Waals surface area contributed by atoms with E-state index in [1.807, 2.05) is 0 Å². The summed E-state index contributed by atoms with van der Waals surface area (Å²) in [5.74, 6) is -0.985. The normalized spacial score (nSPS) is 10.4. The minimum absolute atomic E-state index is 0.0350. The summed E-state index contributed by atoms with van der Waals surface area (Å²) in [5, 5.41) is 7.39. The fourth-order valence-corrected chi connectivity index (χ4v) is 1.76. The monoisotopic (exact) mass is 283 g/mol. The molecule has 19 heavy (non-hydrogen) atoms. The Balaban J connectivity index is 2.18. The number of aromatic amines is 1. The lowest BCUT2D eigenvalue weighted by Crippen LogP contribution is -2.13. The van der Waals surface area contributed by atoms with Crippen LogP contribution in [0.4, 0.5) is 5.69 Å². The van der Waals surface area contributed by atoms with Crippen LogP contribution in [0.5, 0.6) is 0 Å². The molecule has 0 bridgehead atoms. The van der Waals surface area contributed by atoms with E-state index in [4.69, 9.17) is 14.9 Å². The summed E-state index contributed by atoms with van der Waals surface area (Å²) in [5.41, 5.74) is 5.00. The Morgan fingerprint density at radius 3 is 3.11 bits per heavy atom. The number of nitrogens with two attached hydrogens (primary N) is 1. The standard InChI is InChI=1S/C9H9N5O4S/c1-2-17-8(16)6-13-14-9(18-6)19-7-4(10)5(15)11-3-12-7/h3H,2,10H2,1H3,(H,11,12,15). The quantitative estimate of drug-likeness (QED) is 0.589. The maximum atomic E-state index is 11.3. The lowest BCUT2D eigenvalue weighted by Gasteiger charge is -1.98. The number of hydrogen-bond acceptors (Lipinski definition) is 9. The SMILES string of the molecule is CCOC(=O)c1nnc(Sc2nc[nH]c(=O)c2N)o1. The Labute approximate surface area is 110 Å². The molecule has 2 heterocycles. The molecule has 0 spiro atoms.